The maximum atomic E-state index is 11.4. The Balaban J connectivity index is 4.25. The van der Waals surface area contributed by atoms with Crippen LogP contribution in [0.1, 0.15) is 13.3 Å². The summed E-state index contributed by atoms with van der Waals surface area (Å²) < 4.78 is 0. The highest BCUT2D eigenvalue weighted by Crippen LogP contribution is 1.96. The number of thiol groups is 1. The molecule has 0 aliphatic carbocycles. The van der Waals surface area contributed by atoms with Gasteiger partial charge in [0.15, 0.2) is 0 Å². The molecule has 7 heteroatoms. The first-order valence-electron chi connectivity index (χ1n) is 4.73. The lowest BCUT2D eigenvalue weighted by Gasteiger charge is -2.15. The number of rotatable bonds is 7. The highest BCUT2D eigenvalue weighted by molar-refractivity contribution is 7.80. The summed E-state index contributed by atoms with van der Waals surface area (Å²) in [4.78, 5) is 33.0. The molecule has 1 amide bonds. The van der Waals surface area contributed by atoms with Gasteiger partial charge in [-0.15, -0.1) is 0 Å². The third kappa shape index (κ3) is 5.13. The molecule has 6 nitrogen and oxygen atoms in total. The quantitative estimate of drug-likeness (QED) is 0.436. The van der Waals surface area contributed by atoms with Crippen molar-refractivity contribution in [2.75, 3.05) is 12.8 Å². The Morgan fingerprint density at radius 2 is 1.88 bits per heavy atom. The van der Waals surface area contributed by atoms with Gasteiger partial charge >= 0.3 is 5.97 Å². The maximum Gasteiger partial charge on any atom is 0.327 e. The largest absolute Gasteiger partial charge is 0.480 e. The molecule has 0 rings (SSSR count). The van der Waals surface area contributed by atoms with Gasteiger partial charge in [0.1, 0.15) is 11.8 Å². The number of carboxylic acids is 1. The molecule has 0 aliphatic rings. The van der Waals surface area contributed by atoms with Crippen LogP contribution in [0.4, 0.5) is 0 Å². The molecule has 16 heavy (non-hydrogen) atoms. The molecule has 0 saturated heterocycles. The van der Waals surface area contributed by atoms with E-state index in [2.05, 4.69) is 23.3 Å². The lowest BCUT2D eigenvalue weighted by molar-refractivity contribution is -0.141. The number of aliphatic carboxylic acids is 1. The van der Waals surface area contributed by atoms with E-state index >= 15 is 0 Å². The van der Waals surface area contributed by atoms with Crippen LogP contribution in [0.2, 0.25) is 0 Å². The second kappa shape index (κ2) is 7.24. The summed E-state index contributed by atoms with van der Waals surface area (Å²) >= 11 is 3.81. The minimum Gasteiger partial charge on any atom is -0.480 e. The molecule has 0 aromatic carbocycles. The van der Waals surface area contributed by atoms with Crippen molar-refractivity contribution in [1.82, 2.24) is 10.6 Å². The fourth-order valence-corrected chi connectivity index (χ4v) is 1.32. The Morgan fingerprint density at radius 3 is 2.19 bits per heavy atom. The summed E-state index contributed by atoms with van der Waals surface area (Å²) in [6.45, 7) is 1.36. The molecule has 0 radical (unpaired) electrons. The molecule has 0 aromatic rings. The first-order valence-corrected chi connectivity index (χ1v) is 5.36. The Morgan fingerprint density at radius 1 is 1.31 bits per heavy atom. The van der Waals surface area contributed by atoms with E-state index in [1.807, 2.05) is 0 Å². The van der Waals surface area contributed by atoms with Gasteiger partial charge in [-0.05, 0) is 14.0 Å². The molecule has 3 N–H and O–H groups in total. The van der Waals surface area contributed by atoms with Crippen molar-refractivity contribution in [3.63, 3.8) is 0 Å². The average molecular weight is 248 g/mol. The molecule has 0 bridgehead atoms. The zero-order valence-electron chi connectivity index (χ0n) is 9.19. The number of amides is 1. The van der Waals surface area contributed by atoms with Crippen LogP contribution in [0.5, 0.6) is 0 Å². The van der Waals surface area contributed by atoms with E-state index in [1.165, 1.54) is 6.92 Å². The van der Waals surface area contributed by atoms with Crippen molar-refractivity contribution < 1.29 is 19.5 Å². The topological polar surface area (TPSA) is 95.5 Å². The van der Waals surface area contributed by atoms with Gasteiger partial charge in [-0.25, -0.2) is 4.79 Å². The molecule has 0 fully saturated rings. The van der Waals surface area contributed by atoms with Crippen molar-refractivity contribution in [3.8, 4) is 0 Å². The van der Waals surface area contributed by atoms with Crippen LogP contribution in [0.25, 0.3) is 0 Å². The van der Waals surface area contributed by atoms with Gasteiger partial charge in [-0.1, -0.05) is 0 Å². The van der Waals surface area contributed by atoms with Gasteiger partial charge in [-0.2, -0.15) is 12.6 Å². The highest BCUT2D eigenvalue weighted by Gasteiger charge is 2.21. The van der Waals surface area contributed by atoms with E-state index in [4.69, 9.17) is 5.11 Å². The first kappa shape index (κ1) is 14.9. The van der Waals surface area contributed by atoms with Gasteiger partial charge in [0.2, 0.25) is 5.91 Å². The fraction of sp³-hybridized carbons (Fsp3) is 0.667. The van der Waals surface area contributed by atoms with Crippen molar-refractivity contribution in [3.05, 3.63) is 0 Å². The van der Waals surface area contributed by atoms with Gasteiger partial charge in [-0.3, -0.25) is 9.59 Å². The number of hydrogen-bond acceptors (Lipinski definition) is 5. The van der Waals surface area contributed by atoms with E-state index in [-0.39, 0.29) is 18.0 Å². The molecular weight excluding hydrogens is 232 g/mol. The molecule has 0 aromatic heterocycles. The summed E-state index contributed by atoms with van der Waals surface area (Å²) in [6, 6.07) is -1.62. The van der Waals surface area contributed by atoms with E-state index in [9.17, 15) is 14.4 Å². The predicted molar refractivity (Wildman–Crippen MR) is 61.6 cm³/mol. The lowest BCUT2D eigenvalue weighted by Crippen LogP contribution is -2.45. The van der Waals surface area contributed by atoms with Crippen LogP contribution >= 0.6 is 12.6 Å². The summed E-state index contributed by atoms with van der Waals surface area (Å²) in [7, 11) is 1.56. The normalized spacial score (nSPS) is 13.9. The number of ketones is 1. The van der Waals surface area contributed by atoms with Crippen molar-refractivity contribution >= 4 is 30.3 Å². The van der Waals surface area contributed by atoms with E-state index in [0.717, 1.165) is 0 Å². The van der Waals surface area contributed by atoms with Crippen LogP contribution in [0.15, 0.2) is 0 Å². The van der Waals surface area contributed by atoms with Crippen molar-refractivity contribution in [1.29, 1.82) is 0 Å². The molecule has 0 spiro atoms. The van der Waals surface area contributed by atoms with Crippen LogP contribution in [0.3, 0.4) is 0 Å². The summed E-state index contributed by atoms with van der Waals surface area (Å²) in [6.07, 6.45) is -0.0800. The minimum absolute atomic E-state index is 0.00532. The number of hydrogen-bond donors (Lipinski definition) is 4. The second-order valence-electron chi connectivity index (χ2n) is 3.30. The van der Waals surface area contributed by atoms with Crippen molar-refractivity contribution in [2.24, 2.45) is 0 Å². The molecular formula is C9H16N2O4S. The zero-order valence-corrected chi connectivity index (χ0v) is 10.1. The maximum absolute atomic E-state index is 11.4. The molecule has 2 atom stereocenters. The molecule has 0 unspecified atom stereocenters. The van der Waals surface area contributed by atoms with E-state index < -0.39 is 24.0 Å². The number of carbonyl (C=O) groups excluding carboxylic acids is 2. The highest BCUT2D eigenvalue weighted by atomic mass is 32.1. The summed E-state index contributed by atoms with van der Waals surface area (Å²) in [5.41, 5.74) is 0. The molecule has 0 aliphatic heterocycles. The number of carboxylic acid groups (broad SMARTS) is 1. The van der Waals surface area contributed by atoms with Crippen LogP contribution in [-0.4, -0.2) is 47.7 Å². The van der Waals surface area contributed by atoms with Crippen LogP contribution in [0, 0.1) is 0 Å². The van der Waals surface area contributed by atoms with E-state index in [1.54, 1.807) is 7.05 Å². The third-order valence-corrected chi connectivity index (χ3v) is 2.41. The zero-order chi connectivity index (χ0) is 12.7. The SMILES string of the molecule is CN[C@@H](CC(=O)N[C@@H](CS)C(=O)O)C(C)=O. The number of nitrogens with one attached hydrogen (secondary N) is 2. The third-order valence-electron chi connectivity index (χ3n) is 2.04. The summed E-state index contributed by atoms with van der Waals surface area (Å²) in [5, 5.41) is 13.6. The van der Waals surface area contributed by atoms with Crippen LogP contribution < -0.4 is 10.6 Å². The summed E-state index contributed by atoms with van der Waals surface area (Å²) in [5.74, 6) is -1.80. The number of Topliss-reactive ketones (excluding diaryl/α,β-unsaturated/α-hetero) is 1. The predicted octanol–water partition coefficient (Wildman–Crippen LogP) is -0.947. The first-order chi connectivity index (χ1) is 7.42. The van der Waals surface area contributed by atoms with Crippen LogP contribution in [-0.2, 0) is 14.4 Å². The standard InChI is InChI=1S/C9H16N2O4S/c1-5(12)6(10-2)3-8(13)11-7(4-16)9(14)15/h6-7,10,16H,3-4H2,1-2H3,(H,11,13)(H,14,15)/t6-,7-/m0/s1. The van der Waals surface area contributed by atoms with E-state index in [0.29, 0.717) is 0 Å². The van der Waals surface area contributed by atoms with Crippen molar-refractivity contribution in [2.45, 2.75) is 25.4 Å². The molecule has 92 valence electrons. The number of carbonyl (C=O) groups is 3. The van der Waals surface area contributed by atoms with Gasteiger partial charge in [0.05, 0.1) is 6.04 Å². The molecule has 0 heterocycles. The Hall–Kier alpha value is -1.08. The van der Waals surface area contributed by atoms with Gasteiger partial charge in [0.25, 0.3) is 0 Å². The monoisotopic (exact) mass is 248 g/mol. The Labute approximate surface area is 99.2 Å². The lowest BCUT2D eigenvalue weighted by atomic mass is 10.1. The Kier molecular flexibility index (Phi) is 6.75. The number of likely N-dealkylation sites (N-methyl/N-ethyl adjacent to an activating group) is 1. The second-order valence-corrected chi connectivity index (χ2v) is 3.66. The average Bonchev–Trinajstić information content (AvgIpc) is 2.21. The molecule has 0 saturated carbocycles. The smallest absolute Gasteiger partial charge is 0.327 e. The Bertz CT molecular complexity index is 257. The fourth-order valence-electron chi connectivity index (χ4n) is 1.07. The minimum atomic E-state index is -1.15. The van der Waals surface area contributed by atoms with Gasteiger partial charge in [0, 0.05) is 12.2 Å². The van der Waals surface area contributed by atoms with Gasteiger partial charge < -0.3 is 15.7 Å².